The molecule has 116 valence electrons. The quantitative estimate of drug-likeness (QED) is 0.385. The molecular formula is C16H35O2P. The van der Waals surface area contributed by atoms with Gasteiger partial charge in [-0.3, -0.25) is 0 Å². The number of carbonyl (C=O) groups is 1. The Balaban J connectivity index is 4.70. The van der Waals surface area contributed by atoms with Gasteiger partial charge in [-0.2, -0.15) is 0 Å². The molecule has 0 aliphatic carbocycles. The Kier molecular flexibility index (Phi) is 11.6. The van der Waals surface area contributed by atoms with Crippen molar-refractivity contribution in [3.63, 3.8) is 0 Å². The first kappa shape index (κ1) is 18.9. The molecule has 0 amide bonds. The summed E-state index contributed by atoms with van der Waals surface area (Å²) < 4.78 is 5.23. The van der Waals surface area contributed by atoms with E-state index in [1.165, 1.54) is 57.0 Å². The first-order valence-electron chi connectivity index (χ1n) is 8.29. The molecule has 0 atom stereocenters. The Bertz CT molecular complexity index is 207. The Morgan fingerprint density at radius 2 is 1.26 bits per heavy atom. The van der Waals surface area contributed by atoms with Gasteiger partial charge in [0.05, 0.1) is 0 Å². The third-order valence-electron chi connectivity index (χ3n) is 4.01. The van der Waals surface area contributed by atoms with Crippen molar-refractivity contribution in [1.29, 1.82) is 0 Å². The molecule has 0 bridgehead atoms. The van der Waals surface area contributed by atoms with E-state index in [4.69, 9.17) is 4.74 Å². The summed E-state index contributed by atoms with van der Waals surface area (Å²) in [5.41, 5.74) is 0. The molecule has 0 aromatic rings. The van der Waals surface area contributed by atoms with Crippen LogP contribution in [0, 0.1) is 0 Å². The molecule has 0 aromatic heterocycles. The number of unbranched alkanes of at least 4 members (excludes halogenated alkanes) is 3. The van der Waals surface area contributed by atoms with E-state index in [0.29, 0.717) is 6.61 Å². The van der Waals surface area contributed by atoms with Gasteiger partial charge in [0.2, 0.25) is 0 Å². The van der Waals surface area contributed by atoms with Gasteiger partial charge in [-0.05, 0) is 0 Å². The van der Waals surface area contributed by atoms with Crippen molar-refractivity contribution in [3.8, 4) is 0 Å². The van der Waals surface area contributed by atoms with Crippen LogP contribution >= 0.6 is 7.26 Å². The van der Waals surface area contributed by atoms with E-state index in [1.54, 1.807) is 0 Å². The van der Waals surface area contributed by atoms with Crippen molar-refractivity contribution < 1.29 is 9.53 Å². The molecule has 0 spiro atoms. The van der Waals surface area contributed by atoms with Crippen LogP contribution in [0.25, 0.3) is 0 Å². The summed E-state index contributed by atoms with van der Waals surface area (Å²) in [6, 6.07) is 0. The molecule has 2 nitrogen and oxygen atoms in total. The van der Waals surface area contributed by atoms with E-state index in [-0.39, 0.29) is 5.97 Å². The molecule has 0 aromatic carbocycles. The molecule has 3 heteroatoms. The summed E-state index contributed by atoms with van der Waals surface area (Å²) in [4.78, 5) is 12.0. The number of hydrogen-bond donors (Lipinski definition) is 0. The fourth-order valence-electron chi connectivity index (χ4n) is 2.81. The van der Waals surface area contributed by atoms with E-state index >= 15 is 0 Å². The molecule has 0 N–H and O–H groups in total. The summed E-state index contributed by atoms with van der Waals surface area (Å²) >= 11 is 0. The van der Waals surface area contributed by atoms with Crippen LogP contribution in [0.1, 0.15) is 66.2 Å². The van der Waals surface area contributed by atoms with Gasteiger partial charge in [-0.25, -0.2) is 0 Å². The normalized spacial score (nSPS) is 12.4. The Morgan fingerprint density at radius 1 is 0.842 bits per heavy atom. The summed E-state index contributed by atoms with van der Waals surface area (Å²) in [5.74, 6) is 0.0671. The van der Waals surface area contributed by atoms with Gasteiger partial charge in [0.25, 0.3) is 0 Å². The van der Waals surface area contributed by atoms with Crippen molar-refractivity contribution in [3.05, 3.63) is 0 Å². The van der Waals surface area contributed by atoms with Gasteiger partial charge < -0.3 is 0 Å². The van der Waals surface area contributed by atoms with Gasteiger partial charge in [-0.15, -0.1) is 0 Å². The average Bonchev–Trinajstić information content (AvgIpc) is 2.40. The molecular weight excluding hydrogens is 255 g/mol. The van der Waals surface area contributed by atoms with Crippen molar-refractivity contribution in [1.82, 2.24) is 0 Å². The molecule has 0 unspecified atom stereocenters. The van der Waals surface area contributed by atoms with Crippen LogP contribution in [0.4, 0.5) is 0 Å². The van der Waals surface area contributed by atoms with Crippen LogP contribution < -0.4 is 0 Å². The average molecular weight is 290 g/mol. The van der Waals surface area contributed by atoms with E-state index < -0.39 is 7.26 Å². The van der Waals surface area contributed by atoms with Crippen LogP contribution in [-0.2, 0) is 9.53 Å². The number of hydrogen-bond acceptors (Lipinski definition) is 2. The number of esters is 1. The van der Waals surface area contributed by atoms with Crippen molar-refractivity contribution in [2.24, 2.45) is 0 Å². The second kappa shape index (κ2) is 11.7. The van der Waals surface area contributed by atoms with Crippen molar-refractivity contribution >= 4 is 13.2 Å². The third kappa shape index (κ3) is 8.63. The van der Waals surface area contributed by atoms with Gasteiger partial charge >= 0.3 is 120 Å². The second-order valence-electron chi connectivity index (χ2n) is 5.79. The third-order valence-corrected chi connectivity index (χ3v) is 9.29. The van der Waals surface area contributed by atoms with Crippen LogP contribution in [0.5, 0.6) is 0 Å². The van der Waals surface area contributed by atoms with Gasteiger partial charge in [-0.1, -0.05) is 0 Å². The van der Waals surface area contributed by atoms with E-state index in [2.05, 4.69) is 20.8 Å². The SMILES string of the molecule is CCCC[PH](CCCC)(CCCC)CC(=O)OCC. The fourth-order valence-corrected chi connectivity index (χ4v) is 8.12. The van der Waals surface area contributed by atoms with Crippen molar-refractivity contribution in [2.45, 2.75) is 66.2 Å². The van der Waals surface area contributed by atoms with Gasteiger partial charge in [0.15, 0.2) is 0 Å². The molecule has 19 heavy (non-hydrogen) atoms. The van der Waals surface area contributed by atoms with E-state index in [9.17, 15) is 4.79 Å². The molecule has 0 aliphatic rings. The molecule has 0 fully saturated rings. The monoisotopic (exact) mass is 290 g/mol. The predicted octanol–water partition coefficient (Wildman–Crippen LogP) is 4.70. The van der Waals surface area contributed by atoms with E-state index in [1.807, 2.05) is 6.92 Å². The minimum absolute atomic E-state index is 0.0671. The second-order valence-corrected chi connectivity index (χ2v) is 10.6. The number of rotatable bonds is 12. The standard InChI is InChI=1S/C16H35O2P/c1-5-9-12-19(13-10-6-2,14-11-7-3)15-16(17)18-8-4/h19H,5-15H2,1-4H3. The number of ether oxygens (including phenoxy) is 1. The summed E-state index contributed by atoms with van der Waals surface area (Å²) in [7, 11) is -1.43. The molecule has 0 aliphatic heterocycles. The molecule has 0 rings (SSSR count). The predicted molar refractivity (Wildman–Crippen MR) is 89.1 cm³/mol. The Labute approximate surface area is 121 Å². The summed E-state index contributed by atoms with van der Waals surface area (Å²) in [6.45, 7) is 9.19. The van der Waals surface area contributed by atoms with Crippen LogP contribution in [0.15, 0.2) is 0 Å². The van der Waals surface area contributed by atoms with Gasteiger partial charge in [0, 0.05) is 0 Å². The molecule has 0 radical (unpaired) electrons. The van der Waals surface area contributed by atoms with Gasteiger partial charge in [0.1, 0.15) is 0 Å². The summed E-state index contributed by atoms with van der Waals surface area (Å²) in [6.07, 6.45) is 12.3. The minimum atomic E-state index is -1.43. The first-order chi connectivity index (χ1) is 9.14. The summed E-state index contributed by atoms with van der Waals surface area (Å²) in [5, 5.41) is 0. The first-order valence-corrected chi connectivity index (χ1v) is 11.1. The zero-order valence-corrected chi connectivity index (χ0v) is 14.6. The zero-order chi connectivity index (χ0) is 14.6. The van der Waals surface area contributed by atoms with E-state index in [0.717, 1.165) is 6.16 Å². The molecule has 0 saturated heterocycles. The maximum absolute atomic E-state index is 12.0. The van der Waals surface area contributed by atoms with Crippen molar-refractivity contribution in [2.75, 3.05) is 31.3 Å². The maximum atomic E-state index is 12.0. The van der Waals surface area contributed by atoms with Crippen LogP contribution in [0.3, 0.4) is 0 Å². The Morgan fingerprint density at radius 3 is 1.58 bits per heavy atom. The molecule has 0 saturated carbocycles. The van der Waals surface area contributed by atoms with Crippen LogP contribution in [-0.4, -0.2) is 37.2 Å². The topological polar surface area (TPSA) is 26.3 Å². The molecule has 0 heterocycles. The Hall–Kier alpha value is -0.100. The van der Waals surface area contributed by atoms with Crippen LogP contribution in [0.2, 0.25) is 0 Å². The zero-order valence-electron chi connectivity index (χ0n) is 13.6. The number of carbonyl (C=O) groups excluding carboxylic acids is 1. The fraction of sp³-hybridized carbons (Fsp3) is 0.938.